The van der Waals surface area contributed by atoms with Gasteiger partial charge in [0.2, 0.25) is 0 Å². The number of pyridine rings is 1. The second kappa shape index (κ2) is 11.7. The van der Waals surface area contributed by atoms with E-state index in [9.17, 15) is 9.59 Å². The number of hydrogen-bond donors (Lipinski definition) is 0. The molecular weight excluding hydrogens is 560 g/mol. The van der Waals surface area contributed by atoms with E-state index in [1.807, 2.05) is 92.9 Å². The third-order valence-electron chi connectivity index (χ3n) is 7.44. The van der Waals surface area contributed by atoms with Gasteiger partial charge < -0.3 is 14.0 Å². The Morgan fingerprint density at radius 1 is 1.05 bits per heavy atom. The molecule has 0 spiro atoms. The van der Waals surface area contributed by atoms with Crippen LogP contribution in [0.3, 0.4) is 0 Å². The molecule has 9 heteroatoms. The van der Waals surface area contributed by atoms with Crippen molar-refractivity contribution in [1.82, 2.24) is 14.1 Å². The van der Waals surface area contributed by atoms with Crippen molar-refractivity contribution < 1.29 is 14.3 Å². The SMILES string of the molecule is CCOC(=O)C1=C(c2ccccc2)N=c2s/c(=C\c3cc(C)n(-c4cccnc4)c3C)c(=O)n2C1c1cccc(OC)c1. The van der Waals surface area contributed by atoms with Gasteiger partial charge in [-0.3, -0.25) is 14.3 Å². The Morgan fingerprint density at radius 3 is 2.58 bits per heavy atom. The first-order chi connectivity index (χ1) is 20.9. The molecule has 0 saturated heterocycles. The zero-order chi connectivity index (χ0) is 30.1. The minimum absolute atomic E-state index is 0.187. The molecule has 0 aliphatic carbocycles. The van der Waals surface area contributed by atoms with Gasteiger partial charge in [0, 0.05) is 23.1 Å². The minimum Gasteiger partial charge on any atom is -0.497 e. The fourth-order valence-electron chi connectivity index (χ4n) is 5.53. The number of hydrogen-bond acceptors (Lipinski definition) is 7. The van der Waals surface area contributed by atoms with Crippen molar-refractivity contribution in [3.05, 3.63) is 139 Å². The number of carbonyl (C=O) groups excluding carboxylic acids is 1. The standard InChI is InChI=1S/C34H30N4O4S/c1-5-42-33(40)29-30(23-11-7-6-8-12-23)36-34-38(31(29)24-13-9-15-27(18-24)41-4)32(39)28(43-34)19-25-17-21(2)37(22(25)3)26-14-10-16-35-20-26/h6-20,31H,5H2,1-4H3/b28-19-. The molecule has 1 aliphatic rings. The first kappa shape index (κ1) is 28.1. The van der Waals surface area contributed by atoms with Gasteiger partial charge in [-0.1, -0.05) is 53.8 Å². The molecule has 43 heavy (non-hydrogen) atoms. The van der Waals surface area contributed by atoms with Crippen molar-refractivity contribution in [2.24, 2.45) is 4.99 Å². The maximum absolute atomic E-state index is 14.3. The van der Waals surface area contributed by atoms with Crippen molar-refractivity contribution in [3.8, 4) is 11.4 Å². The van der Waals surface area contributed by atoms with Crippen LogP contribution in [0, 0.1) is 13.8 Å². The molecule has 0 saturated carbocycles. The van der Waals surface area contributed by atoms with Crippen molar-refractivity contribution in [1.29, 1.82) is 0 Å². The van der Waals surface area contributed by atoms with E-state index in [0.717, 1.165) is 28.2 Å². The van der Waals surface area contributed by atoms with E-state index in [1.54, 1.807) is 24.8 Å². The van der Waals surface area contributed by atoms with Crippen molar-refractivity contribution >= 4 is 29.1 Å². The molecular formula is C34H30N4O4S. The van der Waals surface area contributed by atoms with Gasteiger partial charge in [0.1, 0.15) is 5.75 Å². The summed E-state index contributed by atoms with van der Waals surface area (Å²) in [6.07, 6.45) is 5.46. The third kappa shape index (κ3) is 5.12. The molecule has 0 amide bonds. The van der Waals surface area contributed by atoms with E-state index in [0.29, 0.717) is 31.9 Å². The molecule has 5 aromatic rings. The van der Waals surface area contributed by atoms with Crippen LogP contribution >= 0.6 is 11.3 Å². The Morgan fingerprint density at radius 2 is 1.86 bits per heavy atom. The molecule has 0 fully saturated rings. The number of ether oxygens (including phenoxy) is 2. The van der Waals surface area contributed by atoms with Gasteiger partial charge in [-0.2, -0.15) is 0 Å². The van der Waals surface area contributed by atoms with Gasteiger partial charge >= 0.3 is 5.97 Å². The highest BCUT2D eigenvalue weighted by atomic mass is 32.1. The lowest BCUT2D eigenvalue weighted by atomic mass is 9.93. The van der Waals surface area contributed by atoms with Crippen LogP contribution in [0.2, 0.25) is 0 Å². The normalized spacial score (nSPS) is 14.8. The van der Waals surface area contributed by atoms with Gasteiger partial charge in [-0.15, -0.1) is 0 Å². The lowest BCUT2D eigenvalue weighted by Crippen LogP contribution is -2.40. The average Bonchev–Trinajstić information content (AvgIpc) is 3.50. The predicted molar refractivity (Wildman–Crippen MR) is 167 cm³/mol. The smallest absolute Gasteiger partial charge is 0.338 e. The number of aromatic nitrogens is 3. The summed E-state index contributed by atoms with van der Waals surface area (Å²) in [6.45, 7) is 6.00. The topological polar surface area (TPSA) is 87.7 Å². The van der Waals surface area contributed by atoms with Gasteiger partial charge in [0.15, 0.2) is 4.80 Å². The molecule has 1 unspecified atom stereocenters. The van der Waals surface area contributed by atoms with Gasteiger partial charge in [-0.05, 0) is 68.3 Å². The van der Waals surface area contributed by atoms with Crippen molar-refractivity contribution in [2.45, 2.75) is 26.8 Å². The van der Waals surface area contributed by atoms with E-state index in [1.165, 1.54) is 11.3 Å². The number of aryl methyl sites for hydroxylation is 1. The number of benzene rings is 2. The van der Waals surface area contributed by atoms with E-state index >= 15 is 0 Å². The zero-order valence-electron chi connectivity index (χ0n) is 24.3. The Kier molecular flexibility index (Phi) is 7.65. The Bertz CT molecular complexity index is 2040. The number of fused-ring (bicyclic) bond motifs is 1. The number of rotatable bonds is 7. The van der Waals surface area contributed by atoms with Crippen molar-refractivity contribution in [2.75, 3.05) is 13.7 Å². The third-order valence-corrected chi connectivity index (χ3v) is 8.43. The van der Waals surface area contributed by atoms with Gasteiger partial charge in [0.05, 0.1) is 47.4 Å². The molecule has 2 aromatic carbocycles. The molecule has 1 aliphatic heterocycles. The van der Waals surface area contributed by atoms with E-state index in [2.05, 4.69) is 15.6 Å². The number of nitrogens with zero attached hydrogens (tertiary/aromatic N) is 4. The van der Waals surface area contributed by atoms with E-state index in [4.69, 9.17) is 14.5 Å². The number of thiazole rings is 1. The number of carbonyl (C=O) groups is 1. The largest absolute Gasteiger partial charge is 0.497 e. The molecule has 6 rings (SSSR count). The van der Waals surface area contributed by atoms with Crippen LogP contribution in [0.5, 0.6) is 5.75 Å². The van der Waals surface area contributed by atoms with Gasteiger partial charge in [0.25, 0.3) is 5.56 Å². The summed E-state index contributed by atoms with van der Waals surface area (Å²) in [5.74, 6) is 0.0937. The number of esters is 1. The molecule has 0 bridgehead atoms. The molecule has 216 valence electrons. The highest BCUT2D eigenvalue weighted by Crippen LogP contribution is 2.36. The molecule has 0 radical (unpaired) electrons. The minimum atomic E-state index is -0.773. The summed E-state index contributed by atoms with van der Waals surface area (Å²) >= 11 is 1.30. The van der Waals surface area contributed by atoms with E-state index < -0.39 is 12.0 Å². The van der Waals surface area contributed by atoms with Crippen LogP contribution in [0.25, 0.3) is 17.5 Å². The first-order valence-electron chi connectivity index (χ1n) is 13.9. The first-order valence-corrected chi connectivity index (χ1v) is 14.7. The summed E-state index contributed by atoms with van der Waals surface area (Å²) in [4.78, 5) is 37.6. The lowest BCUT2D eigenvalue weighted by molar-refractivity contribution is -0.138. The summed E-state index contributed by atoms with van der Waals surface area (Å²) in [6, 6.07) is 22.1. The quantitative estimate of drug-likeness (QED) is 0.256. The van der Waals surface area contributed by atoms with Crippen molar-refractivity contribution in [3.63, 3.8) is 0 Å². The molecule has 4 heterocycles. The highest BCUT2D eigenvalue weighted by Gasteiger charge is 2.35. The summed E-state index contributed by atoms with van der Waals surface area (Å²) in [5, 5.41) is 0. The molecule has 3 aromatic heterocycles. The van der Waals surface area contributed by atoms with Crippen LogP contribution in [0.1, 0.15) is 41.0 Å². The number of methoxy groups -OCH3 is 1. The second-order valence-corrected chi connectivity index (χ2v) is 11.1. The Balaban J connectivity index is 1.62. The Hall–Kier alpha value is -5.02. The lowest BCUT2D eigenvalue weighted by Gasteiger charge is -2.26. The zero-order valence-corrected chi connectivity index (χ0v) is 25.1. The van der Waals surface area contributed by atoms with Crippen LogP contribution in [-0.2, 0) is 9.53 Å². The maximum atomic E-state index is 14.3. The van der Waals surface area contributed by atoms with E-state index in [-0.39, 0.29) is 12.2 Å². The predicted octanol–water partition coefficient (Wildman–Crippen LogP) is 4.75. The fraction of sp³-hybridized carbons (Fsp3) is 0.176. The highest BCUT2D eigenvalue weighted by molar-refractivity contribution is 7.07. The maximum Gasteiger partial charge on any atom is 0.338 e. The Labute approximate surface area is 252 Å². The second-order valence-electron chi connectivity index (χ2n) is 10.1. The molecule has 0 N–H and O–H groups in total. The molecule has 1 atom stereocenters. The van der Waals surface area contributed by atoms with Crippen LogP contribution in [0.4, 0.5) is 0 Å². The monoisotopic (exact) mass is 590 g/mol. The van der Waals surface area contributed by atoms with Crippen LogP contribution in [-0.4, -0.2) is 33.8 Å². The van der Waals surface area contributed by atoms with Crippen LogP contribution in [0.15, 0.2) is 101 Å². The summed E-state index contributed by atoms with van der Waals surface area (Å²) in [7, 11) is 1.59. The summed E-state index contributed by atoms with van der Waals surface area (Å²) < 4.78 is 15.3. The fourth-order valence-corrected chi connectivity index (χ4v) is 6.52. The van der Waals surface area contributed by atoms with Crippen LogP contribution < -0.4 is 19.6 Å². The van der Waals surface area contributed by atoms with Gasteiger partial charge in [-0.25, -0.2) is 9.79 Å². The molecule has 8 nitrogen and oxygen atoms in total. The summed E-state index contributed by atoms with van der Waals surface area (Å²) in [5.41, 5.74) is 5.89. The average molecular weight is 591 g/mol.